The van der Waals surface area contributed by atoms with Gasteiger partial charge in [0.15, 0.2) is 0 Å². The molecule has 3 nitrogen and oxygen atoms in total. The molecule has 0 fully saturated rings. The molecule has 0 aliphatic rings. The summed E-state index contributed by atoms with van der Waals surface area (Å²) in [7, 11) is 0. The number of para-hydroxylation sites is 1. The van der Waals surface area contributed by atoms with Gasteiger partial charge in [0.05, 0.1) is 17.1 Å². The molecule has 0 bridgehead atoms. The van der Waals surface area contributed by atoms with E-state index in [9.17, 15) is 4.79 Å². The Morgan fingerprint density at radius 3 is 2.52 bits per heavy atom. The maximum Gasteiger partial charge on any atom is 0.229 e. The minimum atomic E-state index is 0.00256. The van der Waals surface area contributed by atoms with E-state index in [1.54, 1.807) is 11.3 Å². The summed E-state index contributed by atoms with van der Waals surface area (Å²) >= 11 is 1.60. The Bertz CT molecular complexity index is 928. The van der Waals surface area contributed by atoms with Gasteiger partial charge in [0.2, 0.25) is 5.91 Å². The fraction of sp³-hybridized carbons (Fsp3) is 0.304. The summed E-state index contributed by atoms with van der Waals surface area (Å²) in [5.41, 5.74) is 5.30. The van der Waals surface area contributed by atoms with Crippen molar-refractivity contribution in [3.8, 4) is 11.3 Å². The van der Waals surface area contributed by atoms with Crippen LogP contribution in [-0.2, 0) is 11.2 Å². The van der Waals surface area contributed by atoms with Gasteiger partial charge in [-0.05, 0) is 37.8 Å². The second-order valence-electron chi connectivity index (χ2n) is 6.99. The van der Waals surface area contributed by atoms with Crippen molar-refractivity contribution in [3.05, 3.63) is 69.5 Å². The lowest BCUT2D eigenvalue weighted by Gasteiger charge is -2.15. The molecule has 3 rings (SSSR count). The van der Waals surface area contributed by atoms with E-state index in [1.165, 1.54) is 11.1 Å². The first kappa shape index (κ1) is 19.3. The first-order valence-corrected chi connectivity index (χ1v) is 10.2. The van der Waals surface area contributed by atoms with E-state index in [1.807, 2.05) is 25.1 Å². The van der Waals surface area contributed by atoms with Crippen LogP contribution in [0.2, 0.25) is 0 Å². The number of aromatic nitrogens is 1. The van der Waals surface area contributed by atoms with Gasteiger partial charge in [-0.2, -0.15) is 0 Å². The van der Waals surface area contributed by atoms with E-state index in [-0.39, 0.29) is 5.91 Å². The zero-order valence-corrected chi connectivity index (χ0v) is 17.2. The number of hydrogen-bond acceptors (Lipinski definition) is 3. The molecule has 0 unspecified atom stereocenters. The lowest BCUT2D eigenvalue weighted by molar-refractivity contribution is -0.115. The number of benzene rings is 2. The van der Waals surface area contributed by atoms with Gasteiger partial charge in [0.1, 0.15) is 0 Å². The molecule has 1 atom stereocenters. The van der Waals surface area contributed by atoms with Crippen molar-refractivity contribution in [2.75, 3.05) is 5.32 Å². The van der Waals surface area contributed by atoms with Crippen molar-refractivity contribution in [3.63, 3.8) is 0 Å². The molecule has 1 aromatic heterocycles. The second-order valence-corrected chi connectivity index (χ2v) is 8.28. The molecule has 0 aliphatic carbocycles. The largest absolute Gasteiger partial charge is 0.326 e. The summed E-state index contributed by atoms with van der Waals surface area (Å²) < 4.78 is 0. The van der Waals surface area contributed by atoms with Crippen LogP contribution < -0.4 is 5.32 Å². The van der Waals surface area contributed by atoms with Gasteiger partial charge in [-0.3, -0.25) is 4.79 Å². The normalized spacial score (nSPS) is 12.0. The van der Waals surface area contributed by atoms with Gasteiger partial charge in [0.25, 0.3) is 0 Å². The third-order valence-corrected chi connectivity index (χ3v) is 5.80. The van der Waals surface area contributed by atoms with Crippen LogP contribution in [0.5, 0.6) is 0 Å². The van der Waals surface area contributed by atoms with Gasteiger partial charge in [0, 0.05) is 16.1 Å². The van der Waals surface area contributed by atoms with Gasteiger partial charge in [-0.1, -0.05) is 61.9 Å². The van der Waals surface area contributed by atoms with Gasteiger partial charge >= 0.3 is 0 Å². The minimum absolute atomic E-state index is 0.00256. The zero-order chi connectivity index (χ0) is 19.4. The number of amides is 1. The predicted molar refractivity (Wildman–Crippen MR) is 115 cm³/mol. The quantitative estimate of drug-likeness (QED) is 0.561. The summed E-state index contributed by atoms with van der Waals surface area (Å²) in [4.78, 5) is 18.4. The average molecular weight is 379 g/mol. The van der Waals surface area contributed by atoms with Crippen molar-refractivity contribution in [1.29, 1.82) is 0 Å². The molecule has 27 heavy (non-hydrogen) atoms. The number of thiazole rings is 1. The molecule has 2 aromatic carbocycles. The van der Waals surface area contributed by atoms with Crippen LogP contribution in [-0.4, -0.2) is 10.9 Å². The molecule has 1 heterocycles. The maximum atomic E-state index is 12.8. The number of nitrogens with zero attached hydrogens (tertiary/aromatic N) is 1. The van der Waals surface area contributed by atoms with Crippen LogP contribution in [0.3, 0.4) is 0 Å². The number of carbonyl (C=O) groups excluding carboxylic acids is 1. The van der Waals surface area contributed by atoms with Crippen molar-refractivity contribution in [2.45, 2.75) is 46.5 Å². The maximum absolute atomic E-state index is 12.8. The number of aryl methyl sites for hydroxylation is 2. The summed E-state index contributed by atoms with van der Waals surface area (Å²) in [5, 5.41) is 4.09. The fourth-order valence-electron chi connectivity index (χ4n) is 3.13. The highest BCUT2D eigenvalue weighted by atomic mass is 32.1. The molecular formula is C23H26N2OS. The molecule has 0 saturated carbocycles. The lowest BCUT2D eigenvalue weighted by Crippen LogP contribution is -2.16. The summed E-state index contributed by atoms with van der Waals surface area (Å²) in [6.45, 7) is 8.41. The van der Waals surface area contributed by atoms with Gasteiger partial charge < -0.3 is 5.32 Å². The molecule has 0 radical (unpaired) electrons. The van der Waals surface area contributed by atoms with Crippen molar-refractivity contribution in [2.24, 2.45) is 0 Å². The smallest absolute Gasteiger partial charge is 0.229 e. The molecular weight excluding hydrogens is 352 g/mol. The monoisotopic (exact) mass is 378 g/mol. The van der Waals surface area contributed by atoms with Crippen LogP contribution in [0.4, 0.5) is 5.69 Å². The first-order valence-electron chi connectivity index (χ1n) is 9.40. The molecule has 1 amide bonds. The van der Waals surface area contributed by atoms with Crippen LogP contribution >= 0.6 is 11.3 Å². The highest BCUT2D eigenvalue weighted by molar-refractivity contribution is 7.12. The number of rotatable bonds is 6. The number of carbonyl (C=O) groups is 1. The Morgan fingerprint density at radius 1 is 1.11 bits per heavy atom. The molecule has 140 valence electrons. The predicted octanol–water partition coefficient (Wildman–Crippen LogP) is 6.12. The van der Waals surface area contributed by atoms with Crippen LogP contribution in [0.15, 0.2) is 48.5 Å². The zero-order valence-electron chi connectivity index (χ0n) is 16.4. The van der Waals surface area contributed by atoms with Crippen LogP contribution in [0, 0.1) is 13.8 Å². The van der Waals surface area contributed by atoms with Gasteiger partial charge in [-0.25, -0.2) is 4.98 Å². The van der Waals surface area contributed by atoms with Crippen molar-refractivity contribution < 1.29 is 4.79 Å². The molecule has 0 spiro atoms. The highest BCUT2D eigenvalue weighted by Crippen LogP contribution is 2.30. The van der Waals surface area contributed by atoms with E-state index >= 15 is 0 Å². The van der Waals surface area contributed by atoms with E-state index in [0.717, 1.165) is 33.3 Å². The van der Waals surface area contributed by atoms with Crippen molar-refractivity contribution >= 4 is 22.9 Å². The van der Waals surface area contributed by atoms with E-state index in [4.69, 9.17) is 0 Å². The molecule has 1 N–H and O–H groups in total. The molecule has 0 saturated heterocycles. The average Bonchev–Trinajstić information content (AvgIpc) is 3.02. The summed E-state index contributed by atoms with van der Waals surface area (Å²) in [6.07, 6.45) is 1.38. The van der Waals surface area contributed by atoms with E-state index < -0.39 is 0 Å². The van der Waals surface area contributed by atoms with Crippen LogP contribution in [0.25, 0.3) is 11.3 Å². The third kappa shape index (κ3) is 4.64. The number of hydrogen-bond donors (Lipinski definition) is 1. The Morgan fingerprint density at radius 2 is 1.81 bits per heavy atom. The second kappa shape index (κ2) is 8.49. The fourth-order valence-corrected chi connectivity index (χ4v) is 4.08. The van der Waals surface area contributed by atoms with Crippen molar-refractivity contribution in [1.82, 2.24) is 4.98 Å². The Balaban J connectivity index is 1.81. The Kier molecular flexibility index (Phi) is 6.07. The third-order valence-electron chi connectivity index (χ3n) is 4.83. The number of anilines is 1. The summed E-state index contributed by atoms with van der Waals surface area (Å²) in [5.74, 6) is 0.415. The highest BCUT2D eigenvalue weighted by Gasteiger charge is 2.16. The Hall–Kier alpha value is -2.46. The van der Waals surface area contributed by atoms with E-state index in [2.05, 4.69) is 61.4 Å². The molecule has 4 heteroatoms. The number of nitrogens with one attached hydrogen (secondary N) is 1. The SMILES string of the molecule is CC[C@@H](C)c1ccccc1NC(=O)Cc1sc(C)nc1-c1ccc(C)cc1. The first-order chi connectivity index (χ1) is 13.0. The topological polar surface area (TPSA) is 42.0 Å². The molecule has 0 aliphatic heterocycles. The van der Waals surface area contributed by atoms with Gasteiger partial charge in [-0.15, -0.1) is 11.3 Å². The van der Waals surface area contributed by atoms with E-state index in [0.29, 0.717) is 12.3 Å². The minimum Gasteiger partial charge on any atom is -0.326 e. The Labute approximate surface area is 165 Å². The lowest BCUT2D eigenvalue weighted by atomic mass is 9.97. The standard InChI is InChI=1S/C23H26N2OS/c1-5-16(3)19-8-6-7-9-20(19)25-22(26)14-21-23(24-17(4)27-21)18-12-10-15(2)11-13-18/h6-13,16H,5,14H2,1-4H3,(H,25,26)/t16-/m1/s1. The summed E-state index contributed by atoms with van der Waals surface area (Å²) in [6, 6.07) is 16.4. The molecule has 3 aromatic rings. The van der Waals surface area contributed by atoms with Crippen LogP contribution in [0.1, 0.15) is 47.2 Å².